The molecule has 0 aliphatic heterocycles. The minimum Gasteiger partial charge on any atom is -0.368 e. The summed E-state index contributed by atoms with van der Waals surface area (Å²) in [7, 11) is 0. The fourth-order valence-corrected chi connectivity index (χ4v) is 2.64. The Morgan fingerprint density at radius 2 is 1.85 bits per heavy atom. The average Bonchev–Trinajstić information content (AvgIpc) is 3.19. The number of hydrogen-bond acceptors (Lipinski definition) is 4. The first kappa shape index (κ1) is 18.4. The molecule has 3 rings (SSSR count). The maximum absolute atomic E-state index is 11.9. The first-order valence-corrected chi connectivity index (χ1v) is 8.86. The molecule has 6 nitrogen and oxygen atoms in total. The van der Waals surface area contributed by atoms with Crippen LogP contribution in [0, 0.1) is 13.8 Å². The van der Waals surface area contributed by atoms with Crippen molar-refractivity contribution in [3.63, 3.8) is 0 Å². The number of hydrogen-bond donors (Lipinski definition) is 2. The Morgan fingerprint density at radius 3 is 2.63 bits per heavy atom. The van der Waals surface area contributed by atoms with E-state index >= 15 is 0 Å². The van der Waals surface area contributed by atoms with Crippen LogP contribution in [0.5, 0.6) is 0 Å². The third kappa shape index (κ3) is 5.28. The Kier molecular flexibility index (Phi) is 5.99. The molecule has 0 saturated carbocycles. The zero-order valence-electron chi connectivity index (χ0n) is 15.5. The molecule has 1 aromatic carbocycles. The molecule has 0 bridgehead atoms. The Hall–Kier alpha value is -3.41. The highest BCUT2D eigenvalue weighted by Crippen LogP contribution is 2.11. The SMILES string of the molecule is Cc1nc(NCCNC(=O)/C=C/c2ccccc2C)cc(-n2cccc2)n1. The van der Waals surface area contributed by atoms with E-state index in [-0.39, 0.29) is 5.91 Å². The number of aromatic nitrogens is 3. The third-order valence-corrected chi connectivity index (χ3v) is 4.03. The van der Waals surface area contributed by atoms with Crippen molar-refractivity contribution in [3.05, 3.63) is 77.9 Å². The highest BCUT2D eigenvalue weighted by Gasteiger charge is 2.03. The van der Waals surface area contributed by atoms with Gasteiger partial charge in [0.2, 0.25) is 5.91 Å². The summed E-state index contributed by atoms with van der Waals surface area (Å²) in [6.07, 6.45) is 7.26. The predicted molar refractivity (Wildman–Crippen MR) is 108 cm³/mol. The van der Waals surface area contributed by atoms with Gasteiger partial charge in [-0.2, -0.15) is 0 Å². The number of anilines is 1. The number of nitrogens with one attached hydrogen (secondary N) is 2. The molecule has 0 radical (unpaired) electrons. The van der Waals surface area contributed by atoms with E-state index in [9.17, 15) is 4.79 Å². The highest BCUT2D eigenvalue weighted by atomic mass is 16.1. The number of carbonyl (C=O) groups excluding carboxylic acids is 1. The lowest BCUT2D eigenvalue weighted by Crippen LogP contribution is -2.27. The van der Waals surface area contributed by atoms with E-state index < -0.39 is 0 Å². The van der Waals surface area contributed by atoms with E-state index in [1.807, 2.05) is 79.3 Å². The molecular weight excluding hydrogens is 338 g/mol. The summed E-state index contributed by atoms with van der Waals surface area (Å²) in [4.78, 5) is 20.8. The molecule has 0 unspecified atom stereocenters. The molecule has 3 aromatic rings. The molecule has 0 aliphatic rings. The van der Waals surface area contributed by atoms with E-state index in [1.165, 1.54) is 0 Å². The minimum absolute atomic E-state index is 0.119. The van der Waals surface area contributed by atoms with Crippen LogP contribution in [0.3, 0.4) is 0 Å². The van der Waals surface area contributed by atoms with Crippen molar-refractivity contribution in [2.75, 3.05) is 18.4 Å². The van der Waals surface area contributed by atoms with Gasteiger partial charge in [-0.1, -0.05) is 24.3 Å². The second-order valence-corrected chi connectivity index (χ2v) is 6.16. The molecule has 0 aliphatic carbocycles. The molecule has 27 heavy (non-hydrogen) atoms. The molecule has 2 heterocycles. The van der Waals surface area contributed by atoms with Gasteiger partial charge in [0.1, 0.15) is 17.5 Å². The standard InChI is InChI=1S/C21H23N5O/c1-16-7-3-4-8-18(16)9-10-21(27)23-12-11-22-19-15-20(25-17(2)24-19)26-13-5-6-14-26/h3-10,13-15H,11-12H2,1-2H3,(H,23,27)(H,22,24,25)/b10-9+. The number of nitrogens with zero attached hydrogens (tertiary/aromatic N) is 3. The van der Waals surface area contributed by atoms with Gasteiger partial charge in [-0.05, 0) is 43.2 Å². The van der Waals surface area contributed by atoms with E-state index in [1.54, 1.807) is 6.08 Å². The van der Waals surface area contributed by atoms with E-state index in [0.29, 0.717) is 18.9 Å². The fraction of sp³-hybridized carbons (Fsp3) is 0.190. The summed E-state index contributed by atoms with van der Waals surface area (Å²) in [6, 6.07) is 13.7. The topological polar surface area (TPSA) is 71.8 Å². The van der Waals surface area contributed by atoms with Gasteiger partial charge in [0.05, 0.1) is 0 Å². The number of carbonyl (C=O) groups is 1. The lowest BCUT2D eigenvalue weighted by Gasteiger charge is -2.09. The van der Waals surface area contributed by atoms with Crippen LogP contribution in [-0.4, -0.2) is 33.5 Å². The number of benzene rings is 1. The van der Waals surface area contributed by atoms with Gasteiger partial charge >= 0.3 is 0 Å². The molecule has 2 N–H and O–H groups in total. The zero-order chi connectivity index (χ0) is 19.1. The van der Waals surface area contributed by atoms with Crippen LogP contribution in [0.4, 0.5) is 5.82 Å². The lowest BCUT2D eigenvalue weighted by atomic mass is 10.1. The average molecular weight is 361 g/mol. The molecule has 0 saturated heterocycles. The van der Waals surface area contributed by atoms with Crippen LogP contribution in [0.1, 0.15) is 17.0 Å². The number of aryl methyl sites for hydroxylation is 2. The lowest BCUT2D eigenvalue weighted by molar-refractivity contribution is -0.116. The van der Waals surface area contributed by atoms with Crippen molar-refractivity contribution < 1.29 is 4.79 Å². The smallest absolute Gasteiger partial charge is 0.244 e. The summed E-state index contributed by atoms with van der Waals surface area (Å²) in [5.41, 5.74) is 2.18. The van der Waals surface area contributed by atoms with Gasteiger partial charge in [-0.25, -0.2) is 9.97 Å². The van der Waals surface area contributed by atoms with E-state index in [4.69, 9.17) is 0 Å². The van der Waals surface area contributed by atoms with Gasteiger partial charge in [0, 0.05) is 37.6 Å². The molecule has 0 atom stereocenters. The predicted octanol–water partition coefficient (Wildman–Crippen LogP) is 3.13. The first-order valence-electron chi connectivity index (χ1n) is 8.86. The number of amides is 1. The summed E-state index contributed by atoms with van der Waals surface area (Å²) in [6.45, 7) is 4.95. The van der Waals surface area contributed by atoms with E-state index in [2.05, 4.69) is 20.6 Å². The summed E-state index contributed by atoms with van der Waals surface area (Å²) in [5, 5.41) is 6.09. The summed E-state index contributed by atoms with van der Waals surface area (Å²) in [5.74, 6) is 2.11. The maximum Gasteiger partial charge on any atom is 0.244 e. The van der Waals surface area contributed by atoms with Gasteiger partial charge in [-0.3, -0.25) is 4.79 Å². The van der Waals surface area contributed by atoms with Crippen LogP contribution < -0.4 is 10.6 Å². The van der Waals surface area contributed by atoms with Crippen LogP contribution in [0.2, 0.25) is 0 Å². The molecular formula is C21H23N5O. The second kappa shape index (κ2) is 8.80. The highest BCUT2D eigenvalue weighted by molar-refractivity contribution is 5.91. The van der Waals surface area contributed by atoms with Crippen molar-refractivity contribution in [2.24, 2.45) is 0 Å². The zero-order valence-corrected chi connectivity index (χ0v) is 15.5. The minimum atomic E-state index is -0.119. The normalized spacial score (nSPS) is 10.9. The monoisotopic (exact) mass is 361 g/mol. The molecule has 138 valence electrons. The fourth-order valence-electron chi connectivity index (χ4n) is 2.64. The third-order valence-electron chi connectivity index (χ3n) is 4.03. The summed E-state index contributed by atoms with van der Waals surface area (Å²) < 4.78 is 1.93. The van der Waals surface area contributed by atoms with Crippen molar-refractivity contribution in [1.82, 2.24) is 19.9 Å². The summed E-state index contributed by atoms with van der Waals surface area (Å²) >= 11 is 0. The molecule has 6 heteroatoms. The van der Waals surface area contributed by atoms with Crippen molar-refractivity contribution in [1.29, 1.82) is 0 Å². The number of rotatable bonds is 7. The Balaban J connectivity index is 1.49. The van der Waals surface area contributed by atoms with Crippen LogP contribution in [0.15, 0.2) is 60.9 Å². The second-order valence-electron chi connectivity index (χ2n) is 6.16. The van der Waals surface area contributed by atoms with Crippen molar-refractivity contribution in [3.8, 4) is 5.82 Å². The van der Waals surface area contributed by atoms with Crippen LogP contribution in [0.25, 0.3) is 11.9 Å². The Bertz CT molecular complexity index is 932. The maximum atomic E-state index is 11.9. The largest absolute Gasteiger partial charge is 0.368 e. The first-order chi connectivity index (χ1) is 13.1. The van der Waals surface area contributed by atoms with Gasteiger partial charge in [0.15, 0.2) is 0 Å². The van der Waals surface area contributed by atoms with Crippen LogP contribution in [-0.2, 0) is 4.79 Å². The van der Waals surface area contributed by atoms with Gasteiger partial charge in [0.25, 0.3) is 0 Å². The molecule has 1 amide bonds. The van der Waals surface area contributed by atoms with Crippen molar-refractivity contribution >= 4 is 17.8 Å². The Morgan fingerprint density at radius 1 is 1.07 bits per heavy atom. The van der Waals surface area contributed by atoms with Gasteiger partial charge in [-0.15, -0.1) is 0 Å². The van der Waals surface area contributed by atoms with Crippen molar-refractivity contribution in [2.45, 2.75) is 13.8 Å². The quantitative estimate of drug-likeness (QED) is 0.501. The molecule has 2 aromatic heterocycles. The molecule has 0 spiro atoms. The van der Waals surface area contributed by atoms with Crippen LogP contribution >= 0.6 is 0 Å². The van der Waals surface area contributed by atoms with E-state index in [0.717, 1.165) is 22.8 Å². The van der Waals surface area contributed by atoms with Gasteiger partial charge < -0.3 is 15.2 Å². The Labute approximate surface area is 159 Å². The molecule has 0 fully saturated rings.